The zero-order valence-corrected chi connectivity index (χ0v) is 18.7. The van der Waals surface area contributed by atoms with Crippen molar-refractivity contribution in [2.75, 3.05) is 18.4 Å². The average molecular weight is 474 g/mol. The molecule has 2 amide bonds. The van der Waals surface area contributed by atoms with Gasteiger partial charge in [0.1, 0.15) is 17.2 Å². The van der Waals surface area contributed by atoms with Crippen molar-refractivity contribution in [1.29, 1.82) is 0 Å². The van der Waals surface area contributed by atoms with Crippen molar-refractivity contribution < 1.29 is 9.18 Å². The molecule has 6 nitrogen and oxygen atoms in total. The number of rotatable bonds is 4. The Morgan fingerprint density at radius 3 is 2.77 bits per heavy atom. The predicted octanol–water partition coefficient (Wildman–Crippen LogP) is 5.40. The fraction of sp³-hybridized carbons (Fsp3) is 0.409. The molecule has 0 radical (unpaired) electrons. The summed E-state index contributed by atoms with van der Waals surface area (Å²) in [4.78, 5) is 23.8. The monoisotopic (exact) mass is 473 g/mol. The summed E-state index contributed by atoms with van der Waals surface area (Å²) in [5, 5.41) is 2.68. The van der Waals surface area contributed by atoms with Crippen molar-refractivity contribution in [2.45, 2.75) is 39.2 Å². The van der Waals surface area contributed by atoms with Crippen molar-refractivity contribution in [3.05, 3.63) is 52.6 Å². The van der Waals surface area contributed by atoms with E-state index in [0.717, 1.165) is 36.3 Å². The number of nitrogens with one attached hydrogen (secondary N) is 1. The number of likely N-dealkylation sites (tertiary alicyclic amines) is 1. The second-order valence-corrected chi connectivity index (χ2v) is 9.03. The first-order valence-corrected chi connectivity index (χ1v) is 11.0. The molecule has 3 aromatic rings. The Balaban J connectivity index is 1.47. The van der Waals surface area contributed by atoms with Crippen LogP contribution in [0.4, 0.5) is 14.9 Å². The summed E-state index contributed by atoms with van der Waals surface area (Å²) in [6.45, 7) is 5.57. The first-order valence-electron chi connectivity index (χ1n) is 10.2. The maximum Gasteiger partial charge on any atom is 0.321 e. The zero-order chi connectivity index (χ0) is 21.3. The highest BCUT2D eigenvalue weighted by atomic mass is 79.9. The molecule has 2 aromatic heterocycles. The highest BCUT2D eigenvalue weighted by Crippen LogP contribution is 2.29. The van der Waals surface area contributed by atoms with E-state index in [-0.39, 0.29) is 17.8 Å². The number of aromatic nitrogens is 3. The Hall–Kier alpha value is -2.48. The first-order chi connectivity index (χ1) is 14.4. The molecule has 4 rings (SSSR count). The highest BCUT2D eigenvalue weighted by molar-refractivity contribution is 9.10. The Bertz CT molecular complexity index is 1060. The van der Waals surface area contributed by atoms with Crippen LogP contribution < -0.4 is 5.32 Å². The second kappa shape index (κ2) is 8.71. The van der Waals surface area contributed by atoms with E-state index in [0.29, 0.717) is 23.5 Å². The standard InChI is InChI=1S/C22H25BrFN5O/c1-14(2)12-20-26-19-4-3-9-25-21(19)29(20)16-7-10-28(11-8-16)22(30)27-18-6-5-15(23)13-17(18)24/h3-6,9,13-14,16H,7-8,10-12H2,1-2H3,(H,27,30). The molecular weight excluding hydrogens is 449 g/mol. The molecule has 0 unspecified atom stereocenters. The highest BCUT2D eigenvalue weighted by Gasteiger charge is 2.27. The molecule has 0 atom stereocenters. The van der Waals surface area contributed by atoms with Crippen molar-refractivity contribution >= 4 is 38.8 Å². The SMILES string of the molecule is CC(C)Cc1nc2cccnc2n1C1CCN(C(=O)Nc2ccc(Br)cc2F)CC1. The van der Waals surface area contributed by atoms with E-state index in [1.807, 2.05) is 12.1 Å². The van der Waals surface area contributed by atoms with Gasteiger partial charge in [0.05, 0.1) is 5.69 Å². The summed E-state index contributed by atoms with van der Waals surface area (Å²) < 4.78 is 16.9. The number of imidazole rings is 1. The number of hydrogen-bond acceptors (Lipinski definition) is 3. The normalized spacial score (nSPS) is 15.2. The van der Waals surface area contributed by atoms with Crippen molar-refractivity contribution in [2.24, 2.45) is 5.92 Å². The van der Waals surface area contributed by atoms with Crippen molar-refractivity contribution in [3.63, 3.8) is 0 Å². The lowest BCUT2D eigenvalue weighted by atomic mass is 10.0. The Kier molecular flexibility index (Phi) is 6.04. The molecule has 1 aliphatic rings. The zero-order valence-electron chi connectivity index (χ0n) is 17.1. The van der Waals surface area contributed by atoms with Gasteiger partial charge in [0, 0.05) is 36.2 Å². The maximum atomic E-state index is 14.0. The van der Waals surface area contributed by atoms with Crippen LogP contribution >= 0.6 is 15.9 Å². The third kappa shape index (κ3) is 4.33. The number of piperidine rings is 1. The van der Waals surface area contributed by atoms with Crippen LogP contribution in [0.1, 0.15) is 38.6 Å². The number of pyridine rings is 1. The van der Waals surface area contributed by atoms with Crippen LogP contribution in [-0.4, -0.2) is 38.6 Å². The molecule has 3 heterocycles. The van der Waals surface area contributed by atoms with E-state index in [4.69, 9.17) is 4.98 Å². The summed E-state index contributed by atoms with van der Waals surface area (Å²) in [6, 6.07) is 8.49. The lowest BCUT2D eigenvalue weighted by molar-refractivity contribution is 0.183. The molecule has 1 saturated heterocycles. The fourth-order valence-electron chi connectivity index (χ4n) is 3.98. The number of anilines is 1. The van der Waals surface area contributed by atoms with Gasteiger partial charge in [-0.3, -0.25) is 0 Å². The van der Waals surface area contributed by atoms with Crippen LogP contribution in [-0.2, 0) is 6.42 Å². The molecule has 0 spiro atoms. The van der Waals surface area contributed by atoms with E-state index in [9.17, 15) is 9.18 Å². The molecule has 1 aromatic carbocycles. The van der Waals surface area contributed by atoms with Crippen LogP contribution in [0, 0.1) is 11.7 Å². The molecule has 0 bridgehead atoms. The van der Waals surface area contributed by atoms with Gasteiger partial charge in [-0.1, -0.05) is 29.8 Å². The lowest BCUT2D eigenvalue weighted by Crippen LogP contribution is -2.41. The van der Waals surface area contributed by atoms with Crippen molar-refractivity contribution in [3.8, 4) is 0 Å². The molecule has 30 heavy (non-hydrogen) atoms. The summed E-state index contributed by atoms with van der Waals surface area (Å²) in [6.07, 6.45) is 4.31. The first kappa shape index (κ1) is 20.8. The maximum absolute atomic E-state index is 14.0. The molecular formula is C22H25BrFN5O. The number of amides is 2. The van der Waals surface area contributed by atoms with Gasteiger partial charge in [-0.15, -0.1) is 0 Å². The quantitative estimate of drug-likeness (QED) is 0.551. The Morgan fingerprint density at radius 1 is 1.30 bits per heavy atom. The van der Waals surface area contributed by atoms with Crippen LogP contribution in [0.2, 0.25) is 0 Å². The molecule has 158 valence electrons. The molecule has 1 fully saturated rings. The molecule has 1 N–H and O–H groups in total. The van der Waals surface area contributed by atoms with E-state index >= 15 is 0 Å². The number of nitrogens with zero attached hydrogens (tertiary/aromatic N) is 4. The smallest absolute Gasteiger partial charge is 0.321 e. The number of carbonyl (C=O) groups excluding carboxylic acids is 1. The van der Waals surface area contributed by atoms with Crippen LogP contribution in [0.25, 0.3) is 11.2 Å². The van der Waals surface area contributed by atoms with Crippen LogP contribution in [0.15, 0.2) is 41.0 Å². The van der Waals surface area contributed by atoms with E-state index in [1.54, 1.807) is 23.2 Å². The van der Waals surface area contributed by atoms with Gasteiger partial charge in [0.2, 0.25) is 0 Å². The van der Waals surface area contributed by atoms with E-state index in [2.05, 4.69) is 44.6 Å². The lowest BCUT2D eigenvalue weighted by Gasteiger charge is -2.33. The minimum Gasteiger partial charge on any atom is -0.324 e. The van der Waals surface area contributed by atoms with Crippen molar-refractivity contribution in [1.82, 2.24) is 19.4 Å². The van der Waals surface area contributed by atoms with Gasteiger partial charge < -0.3 is 14.8 Å². The summed E-state index contributed by atoms with van der Waals surface area (Å²) in [5.74, 6) is 1.09. The minimum atomic E-state index is -0.457. The van der Waals surface area contributed by atoms with Gasteiger partial charge in [-0.25, -0.2) is 19.2 Å². The van der Waals surface area contributed by atoms with Crippen LogP contribution in [0.3, 0.4) is 0 Å². The Morgan fingerprint density at radius 2 is 2.07 bits per heavy atom. The second-order valence-electron chi connectivity index (χ2n) is 8.11. The summed E-state index contributed by atoms with van der Waals surface area (Å²) in [5.41, 5.74) is 2.02. The number of hydrogen-bond donors (Lipinski definition) is 1. The van der Waals surface area contributed by atoms with Gasteiger partial charge in [0.25, 0.3) is 0 Å². The third-order valence-corrected chi connectivity index (χ3v) is 5.90. The topological polar surface area (TPSA) is 63.1 Å². The molecule has 1 aliphatic heterocycles. The average Bonchev–Trinajstić information content (AvgIpc) is 3.07. The van der Waals surface area contributed by atoms with Gasteiger partial charge in [-0.05, 0) is 49.1 Å². The fourth-order valence-corrected chi connectivity index (χ4v) is 4.31. The van der Waals surface area contributed by atoms with Gasteiger partial charge in [0.15, 0.2) is 5.65 Å². The van der Waals surface area contributed by atoms with E-state index < -0.39 is 5.82 Å². The van der Waals surface area contributed by atoms with Crippen LogP contribution in [0.5, 0.6) is 0 Å². The number of fused-ring (bicyclic) bond motifs is 1. The number of halogens is 2. The largest absolute Gasteiger partial charge is 0.324 e. The Labute approximate surface area is 183 Å². The number of carbonyl (C=O) groups is 1. The predicted molar refractivity (Wildman–Crippen MR) is 119 cm³/mol. The third-order valence-electron chi connectivity index (χ3n) is 5.40. The molecule has 8 heteroatoms. The molecule has 0 saturated carbocycles. The summed E-state index contributed by atoms with van der Waals surface area (Å²) >= 11 is 3.23. The minimum absolute atomic E-state index is 0.189. The van der Waals surface area contributed by atoms with Gasteiger partial charge in [-0.2, -0.15) is 0 Å². The molecule has 0 aliphatic carbocycles. The number of urea groups is 1. The summed E-state index contributed by atoms with van der Waals surface area (Å²) in [7, 11) is 0. The number of benzene rings is 1. The van der Waals surface area contributed by atoms with E-state index in [1.165, 1.54) is 6.07 Å². The van der Waals surface area contributed by atoms with Gasteiger partial charge >= 0.3 is 6.03 Å².